The number of benzene rings is 2. The number of hydrogen-bond acceptors (Lipinski definition) is 4. The molecule has 0 heterocycles. The molecule has 3 aliphatic rings. The average Bonchev–Trinajstić information content (AvgIpc) is 3.73. The normalized spacial score (nSPS) is 18.6. The summed E-state index contributed by atoms with van der Waals surface area (Å²) in [7, 11) is 0. The SMILES string of the molecule is CC(C(=O)O)N(C(=O)CC1(NC(=O)OCC2c3ccccc3-c3ccccc32)CC1)C1CC1. The minimum atomic E-state index is -1.01. The molecule has 1 atom stereocenters. The Bertz CT molecular complexity index is 1060. The first-order chi connectivity index (χ1) is 15.9. The maximum absolute atomic E-state index is 12.9. The van der Waals surface area contributed by atoms with Gasteiger partial charge in [0, 0.05) is 12.0 Å². The van der Waals surface area contributed by atoms with Gasteiger partial charge >= 0.3 is 12.1 Å². The Morgan fingerprint density at radius 2 is 1.64 bits per heavy atom. The quantitative estimate of drug-likeness (QED) is 0.638. The molecule has 3 aliphatic carbocycles. The molecule has 1 unspecified atom stereocenters. The molecule has 2 N–H and O–H groups in total. The van der Waals surface area contributed by atoms with Gasteiger partial charge in [-0.2, -0.15) is 0 Å². The van der Waals surface area contributed by atoms with Crippen molar-refractivity contribution in [3.05, 3.63) is 59.7 Å². The lowest BCUT2D eigenvalue weighted by atomic mass is 9.98. The molecule has 7 nitrogen and oxygen atoms in total. The van der Waals surface area contributed by atoms with Crippen LogP contribution in [0.3, 0.4) is 0 Å². The topological polar surface area (TPSA) is 95.9 Å². The van der Waals surface area contributed by atoms with Crippen molar-refractivity contribution in [2.45, 2.75) is 62.6 Å². The highest BCUT2D eigenvalue weighted by molar-refractivity contribution is 5.85. The molecule has 33 heavy (non-hydrogen) atoms. The number of carbonyl (C=O) groups excluding carboxylic acids is 2. The van der Waals surface area contributed by atoms with Crippen molar-refractivity contribution >= 4 is 18.0 Å². The van der Waals surface area contributed by atoms with E-state index in [-0.39, 0.29) is 30.9 Å². The molecular weight excluding hydrogens is 420 g/mol. The van der Waals surface area contributed by atoms with Crippen LogP contribution in [0, 0.1) is 0 Å². The molecule has 0 aliphatic heterocycles. The molecule has 0 spiro atoms. The first-order valence-corrected chi connectivity index (χ1v) is 11.6. The minimum Gasteiger partial charge on any atom is -0.480 e. The predicted molar refractivity (Wildman–Crippen MR) is 122 cm³/mol. The van der Waals surface area contributed by atoms with Gasteiger partial charge in [0.15, 0.2) is 0 Å². The van der Waals surface area contributed by atoms with Gasteiger partial charge in [0.2, 0.25) is 5.91 Å². The number of amides is 2. The molecular formula is C26H28N2O5. The van der Waals surface area contributed by atoms with Crippen molar-refractivity contribution in [1.82, 2.24) is 10.2 Å². The van der Waals surface area contributed by atoms with Crippen LogP contribution in [0.15, 0.2) is 48.5 Å². The van der Waals surface area contributed by atoms with Crippen molar-refractivity contribution in [1.29, 1.82) is 0 Å². The summed E-state index contributed by atoms with van der Waals surface area (Å²) in [4.78, 5) is 38.5. The second-order valence-corrected chi connectivity index (χ2v) is 9.45. The number of carboxylic acids is 1. The van der Waals surface area contributed by atoms with Crippen molar-refractivity contribution in [2.75, 3.05) is 6.61 Å². The zero-order chi connectivity index (χ0) is 23.2. The van der Waals surface area contributed by atoms with E-state index in [4.69, 9.17) is 4.74 Å². The number of hydrogen-bond donors (Lipinski definition) is 2. The van der Waals surface area contributed by atoms with E-state index in [2.05, 4.69) is 29.6 Å². The van der Waals surface area contributed by atoms with Gasteiger partial charge in [0.05, 0.1) is 12.0 Å². The Labute approximate surface area is 192 Å². The maximum atomic E-state index is 12.9. The number of carbonyl (C=O) groups is 3. The van der Waals surface area contributed by atoms with Crippen molar-refractivity contribution in [2.24, 2.45) is 0 Å². The Balaban J connectivity index is 1.21. The van der Waals surface area contributed by atoms with E-state index in [0.29, 0.717) is 12.8 Å². The smallest absolute Gasteiger partial charge is 0.407 e. The number of aliphatic carboxylic acids is 1. The molecule has 2 aromatic rings. The van der Waals surface area contributed by atoms with E-state index in [0.717, 1.165) is 24.0 Å². The van der Waals surface area contributed by atoms with E-state index in [1.807, 2.05) is 24.3 Å². The Morgan fingerprint density at radius 3 is 2.15 bits per heavy atom. The third kappa shape index (κ3) is 4.19. The molecule has 2 saturated carbocycles. The second-order valence-electron chi connectivity index (χ2n) is 9.45. The van der Waals surface area contributed by atoms with E-state index < -0.39 is 23.6 Å². The van der Waals surface area contributed by atoms with Crippen LogP contribution in [0.1, 0.15) is 56.1 Å². The average molecular weight is 449 g/mol. The van der Waals surface area contributed by atoms with E-state index in [1.54, 1.807) is 0 Å². The second kappa shape index (κ2) is 8.21. The van der Waals surface area contributed by atoms with Gasteiger partial charge in [-0.05, 0) is 54.9 Å². The van der Waals surface area contributed by atoms with Gasteiger partial charge in [0.1, 0.15) is 12.6 Å². The fraction of sp³-hybridized carbons (Fsp3) is 0.423. The molecule has 0 saturated heterocycles. The summed E-state index contributed by atoms with van der Waals surface area (Å²) in [5.74, 6) is -1.25. The maximum Gasteiger partial charge on any atom is 0.407 e. The van der Waals surface area contributed by atoms with E-state index in [1.165, 1.54) is 23.0 Å². The summed E-state index contributed by atoms with van der Waals surface area (Å²) < 4.78 is 5.63. The minimum absolute atomic E-state index is 0.00569. The number of ether oxygens (including phenoxy) is 1. The zero-order valence-electron chi connectivity index (χ0n) is 18.6. The lowest BCUT2D eigenvalue weighted by Gasteiger charge is -2.28. The lowest BCUT2D eigenvalue weighted by Crippen LogP contribution is -2.48. The van der Waals surface area contributed by atoms with Crippen molar-refractivity contribution < 1.29 is 24.2 Å². The Morgan fingerprint density at radius 1 is 1.06 bits per heavy atom. The number of nitrogens with one attached hydrogen (secondary N) is 1. The summed E-state index contributed by atoms with van der Waals surface area (Å²) in [6.45, 7) is 1.76. The molecule has 2 fully saturated rings. The fourth-order valence-electron chi connectivity index (χ4n) is 4.94. The van der Waals surface area contributed by atoms with Crippen LogP contribution in [0.2, 0.25) is 0 Å². The zero-order valence-corrected chi connectivity index (χ0v) is 18.6. The van der Waals surface area contributed by atoms with Gasteiger partial charge in [-0.1, -0.05) is 48.5 Å². The summed E-state index contributed by atoms with van der Waals surface area (Å²) in [5.41, 5.74) is 3.99. The highest BCUT2D eigenvalue weighted by atomic mass is 16.5. The molecule has 7 heteroatoms. The van der Waals surface area contributed by atoms with Crippen LogP contribution in [0.4, 0.5) is 4.79 Å². The number of alkyl carbamates (subject to hydrolysis) is 1. The number of rotatable bonds is 8. The van der Waals surface area contributed by atoms with Crippen molar-refractivity contribution in [3.8, 4) is 11.1 Å². The highest BCUT2D eigenvalue weighted by Crippen LogP contribution is 2.45. The van der Waals surface area contributed by atoms with E-state index in [9.17, 15) is 19.5 Å². The van der Waals surface area contributed by atoms with Gasteiger partial charge < -0.3 is 20.1 Å². The fourth-order valence-corrected chi connectivity index (χ4v) is 4.94. The van der Waals surface area contributed by atoms with Gasteiger partial charge in [-0.25, -0.2) is 9.59 Å². The van der Waals surface area contributed by atoms with Gasteiger partial charge in [-0.15, -0.1) is 0 Å². The predicted octanol–water partition coefficient (Wildman–Crippen LogP) is 3.91. The summed E-state index contributed by atoms with van der Waals surface area (Å²) in [6.07, 6.45) is 2.59. The Hall–Kier alpha value is -3.35. The number of fused-ring (bicyclic) bond motifs is 3. The molecule has 172 valence electrons. The van der Waals surface area contributed by atoms with Crippen molar-refractivity contribution in [3.63, 3.8) is 0 Å². The van der Waals surface area contributed by atoms with Crippen LogP contribution in [0.25, 0.3) is 11.1 Å². The van der Waals surface area contributed by atoms with Crippen LogP contribution >= 0.6 is 0 Å². The van der Waals surface area contributed by atoms with Crippen LogP contribution in [0.5, 0.6) is 0 Å². The van der Waals surface area contributed by atoms with Crippen LogP contribution in [-0.4, -0.2) is 52.2 Å². The van der Waals surface area contributed by atoms with Crippen LogP contribution < -0.4 is 5.32 Å². The Kier molecular flexibility index (Phi) is 5.35. The largest absolute Gasteiger partial charge is 0.480 e. The monoisotopic (exact) mass is 448 g/mol. The summed E-state index contributed by atoms with van der Waals surface area (Å²) in [6, 6.07) is 15.4. The molecule has 0 aromatic heterocycles. The number of carboxylic acid groups (broad SMARTS) is 1. The molecule has 2 aromatic carbocycles. The molecule has 0 radical (unpaired) electrons. The third-order valence-electron chi connectivity index (χ3n) is 7.06. The molecule has 2 amide bonds. The molecule has 0 bridgehead atoms. The van der Waals surface area contributed by atoms with Gasteiger partial charge in [0.25, 0.3) is 0 Å². The van der Waals surface area contributed by atoms with E-state index >= 15 is 0 Å². The molecule has 5 rings (SSSR count). The van der Waals surface area contributed by atoms with Crippen LogP contribution in [-0.2, 0) is 14.3 Å². The highest BCUT2D eigenvalue weighted by Gasteiger charge is 2.49. The number of nitrogens with zero attached hydrogens (tertiary/aromatic N) is 1. The summed E-state index contributed by atoms with van der Waals surface area (Å²) >= 11 is 0. The lowest BCUT2D eigenvalue weighted by molar-refractivity contribution is -0.150. The van der Waals surface area contributed by atoms with Gasteiger partial charge in [-0.3, -0.25) is 4.79 Å². The first-order valence-electron chi connectivity index (χ1n) is 11.6. The standard InChI is InChI=1S/C26H28N2O5/c1-16(24(30)31)28(17-10-11-17)23(29)14-26(12-13-26)27-25(32)33-15-22-20-8-4-2-6-18(20)19-7-3-5-9-21(19)22/h2-9,16-17,22H,10-15H2,1H3,(H,27,32)(H,30,31). The summed E-state index contributed by atoms with van der Waals surface area (Å²) in [5, 5.41) is 12.3. The first kappa shape index (κ1) is 21.5. The third-order valence-corrected chi connectivity index (χ3v) is 7.06.